The lowest BCUT2D eigenvalue weighted by Gasteiger charge is -2.25. The van der Waals surface area contributed by atoms with Gasteiger partial charge in [-0.3, -0.25) is 19.8 Å². The van der Waals surface area contributed by atoms with E-state index in [0.29, 0.717) is 30.8 Å². The van der Waals surface area contributed by atoms with Gasteiger partial charge in [-0.15, -0.1) is 0 Å². The lowest BCUT2D eigenvalue weighted by molar-refractivity contribution is -0.137. The number of hydrogen-bond donors (Lipinski definition) is 4. The average molecular weight is 432 g/mol. The van der Waals surface area contributed by atoms with Crippen LogP contribution in [-0.4, -0.2) is 67.2 Å². The highest BCUT2D eigenvalue weighted by Gasteiger charge is 2.39. The molecule has 0 unspecified atom stereocenters. The Morgan fingerprint density at radius 3 is 2.55 bits per heavy atom. The van der Waals surface area contributed by atoms with E-state index in [9.17, 15) is 14.4 Å². The molecule has 2 atom stereocenters. The van der Waals surface area contributed by atoms with Crippen LogP contribution in [0.5, 0.6) is 0 Å². The highest BCUT2D eigenvalue weighted by Crippen LogP contribution is 2.22. The van der Waals surface area contributed by atoms with Gasteiger partial charge in [0.2, 0.25) is 11.8 Å². The Balaban J connectivity index is 2.04. The molecule has 5 N–H and O–H groups in total. The van der Waals surface area contributed by atoms with Gasteiger partial charge >= 0.3 is 0 Å². The second-order valence-corrected chi connectivity index (χ2v) is 8.90. The van der Waals surface area contributed by atoms with Crippen LogP contribution >= 0.6 is 0 Å². The summed E-state index contributed by atoms with van der Waals surface area (Å²) in [5.41, 5.74) is 5.74. The molecule has 3 amide bonds. The summed E-state index contributed by atoms with van der Waals surface area (Å²) in [6.07, 6.45) is 1.06. The summed E-state index contributed by atoms with van der Waals surface area (Å²) in [6.45, 7) is 7.09. The topological polar surface area (TPSA) is 138 Å². The number of benzene rings is 1. The number of rotatable bonds is 9. The number of nitrogens with two attached hydrogens (primary N) is 1. The van der Waals surface area contributed by atoms with Crippen molar-refractivity contribution in [1.82, 2.24) is 10.2 Å². The van der Waals surface area contributed by atoms with E-state index in [4.69, 9.17) is 15.9 Å². The quantitative estimate of drug-likeness (QED) is 0.434. The zero-order valence-corrected chi connectivity index (χ0v) is 18.7. The zero-order chi connectivity index (χ0) is 23.2. The smallest absolute Gasteiger partial charge is 0.267 e. The Morgan fingerprint density at radius 1 is 1.26 bits per heavy atom. The van der Waals surface area contributed by atoms with Crippen LogP contribution < -0.4 is 16.4 Å². The van der Waals surface area contributed by atoms with Gasteiger partial charge in [-0.05, 0) is 17.9 Å². The molecular weight excluding hydrogens is 398 g/mol. The average Bonchev–Trinajstić information content (AvgIpc) is 3.15. The number of carbonyl (C=O) groups excluding carboxylic acids is 3. The molecule has 0 aromatic heterocycles. The molecule has 0 radical (unpaired) electrons. The van der Waals surface area contributed by atoms with Crippen LogP contribution in [-0.2, 0) is 19.1 Å². The van der Waals surface area contributed by atoms with E-state index in [1.807, 2.05) is 0 Å². The van der Waals surface area contributed by atoms with Crippen molar-refractivity contribution in [1.29, 1.82) is 5.41 Å². The minimum atomic E-state index is -0.852. The molecule has 1 saturated heterocycles. The Morgan fingerprint density at radius 2 is 1.94 bits per heavy atom. The van der Waals surface area contributed by atoms with Crippen molar-refractivity contribution in [3.8, 4) is 0 Å². The van der Waals surface area contributed by atoms with E-state index >= 15 is 0 Å². The van der Waals surface area contributed by atoms with Crippen LogP contribution in [0.2, 0.25) is 0 Å². The van der Waals surface area contributed by atoms with Crippen molar-refractivity contribution in [2.24, 2.45) is 11.1 Å². The summed E-state index contributed by atoms with van der Waals surface area (Å²) in [6, 6.07) is 6.06. The monoisotopic (exact) mass is 431 g/mol. The second-order valence-electron chi connectivity index (χ2n) is 8.90. The van der Waals surface area contributed by atoms with E-state index in [-0.39, 0.29) is 35.6 Å². The van der Waals surface area contributed by atoms with Crippen molar-refractivity contribution in [3.05, 3.63) is 29.8 Å². The van der Waals surface area contributed by atoms with E-state index < -0.39 is 11.9 Å². The van der Waals surface area contributed by atoms with Crippen molar-refractivity contribution < 1.29 is 19.1 Å². The predicted molar refractivity (Wildman–Crippen MR) is 119 cm³/mol. The maximum Gasteiger partial charge on any atom is 0.267 e. The fourth-order valence-electron chi connectivity index (χ4n) is 3.43. The number of likely N-dealkylation sites (tertiary alicyclic amines) is 1. The molecule has 170 valence electrons. The SMILES string of the molecule is CO[C@H]1C[C@@H](C(=O)NCCC(C)(C)C)N(C(=O)CNc2ccccc2C(=N)C(N)=O)C1. The molecule has 1 aliphatic rings. The molecule has 0 saturated carbocycles. The van der Waals surface area contributed by atoms with E-state index in [1.54, 1.807) is 31.4 Å². The molecule has 1 aromatic rings. The fourth-order valence-corrected chi connectivity index (χ4v) is 3.43. The second kappa shape index (κ2) is 10.4. The third kappa shape index (κ3) is 6.78. The molecule has 1 heterocycles. The van der Waals surface area contributed by atoms with Crippen LogP contribution in [0.3, 0.4) is 0 Å². The number of nitrogens with zero attached hydrogens (tertiary/aromatic N) is 1. The van der Waals surface area contributed by atoms with Gasteiger partial charge in [0.15, 0.2) is 0 Å². The van der Waals surface area contributed by atoms with Gasteiger partial charge in [-0.1, -0.05) is 39.0 Å². The van der Waals surface area contributed by atoms with E-state index in [2.05, 4.69) is 31.4 Å². The van der Waals surface area contributed by atoms with Crippen LogP contribution in [0.1, 0.15) is 39.2 Å². The maximum atomic E-state index is 12.9. The summed E-state index contributed by atoms with van der Waals surface area (Å²) in [5, 5.41) is 13.7. The van der Waals surface area contributed by atoms with Crippen LogP contribution in [0, 0.1) is 10.8 Å². The molecule has 1 aromatic carbocycles. The summed E-state index contributed by atoms with van der Waals surface area (Å²) in [4.78, 5) is 38.6. The first-order chi connectivity index (χ1) is 14.5. The highest BCUT2D eigenvalue weighted by atomic mass is 16.5. The van der Waals surface area contributed by atoms with Crippen LogP contribution in [0.4, 0.5) is 5.69 Å². The van der Waals surface area contributed by atoms with Gasteiger partial charge in [0.05, 0.1) is 12.6 Å². The molecular formula is C22H33N5O4. The van der Waals surface area contributed by atoms with Gasteiger partial charge in [0.25, 0.3) is 5.91 Å². The van der Waals surface area contributed by atoms with Crippen molar-refractivity contribution >= 4 is 29.1 Å². The van der Waals surface area contributed by atoms with Crippen molar-refractivity contribution in [2.75, 3.05) is 32.1 Å². The first-order valence-electron chi connectivity index (χ1n) is 10.3. The predicted octanol–water partition coefficient (Wildman–Crippen LogP) is 1.12. The number of primary amides is 1. The molecule has 9 nitrogen and oxygen atoms in total. The number of para-hydroxylation sites is 1. The van der Waals surface area contributed by atoms with Gasteiger partial charge in [0, 0.05) is 37.9 Å². The molecule has 31 heavy (non-hydrogen) atoms. The van der Waals surface area contributed by atoms with Gasteiger partial charge in [-0.25, -0.2) is 0 Å². The Hall–Kier alpha value is -2.94. The number of hydrogen-bond acceptors (Lipinski definition) is 6. The van der Waals surface area contributed by atoms with Gasteiger partial charge in [0.1, 0.15) is 11.8 Å². The summed E-state index contributed by atoms with van der Waals surface area (Å²) in [7, 11) is 1.57. The highest BCUT2D eigenvalue weighted by molar-refractivity contribution is 6.44. The number of amides is 3. The third-order valence-electron chi connectivity index (χ3n) is 5.27. The van der Waals surface area contributed by atoms with Crippen molar-refractivity contribution in [3.63, 3.8) is 0 Å². The Labute approximate surface area is 183 Å². The first-order valence-corrected chi connectivity index (χ1v) is 10.3. The molecule has 0 spiro atoms. The Kier molecular flexibility index (Phi) is 8.15. The minimum absolute atomic E-state index is 0.0920. The molecule has 9 heteroatoms. The normalized spacial score (nSPS) is 18.5. The molecule has 0 aliphatic carbocycles. The number of anilines is 1. The van der Waals surface area contributed by atoms with E-state index in [0.717, 1.165) is 6.42 Å². The number of carbonyl (C=O) groups is 3. The largest absolute Gasteiger partial charge is 0.380 e. The third-order valence-corrected chi connectivity index (χ3v) is 5.27. The number of methoxy groups -OCH3 is 1. The van der Waals surface area contributed by atoms with Crippen LogP contribution in [0.25, 0.3) is 0 Å². The molecule has 1 aliphatic heterocycles. The maximum absolute atomic E-state index is 12.9. The lowest BCUT2D eigenvalue weighted by Crippen LogP contribution is -2.48. The van der Waals surface area contributed by atoms with Gasteiger partial charge < -0.3 is 26.0 Å². The summed E-state index contributed by atoms with van der Waals surface area (Å²) < 4.78 is 5.40. The number of ether oxygens (including phenoxy) is 1. The zero-order valence-electron chi connectivity index (χ0n) is 18.7. The summed E-state index contributed by atoms with van der Waals surface area (Å²) in [5.74, 6) is -1.31. The minimum Gasteiger partial charge on any atom is -0.380 e. The van der Waals surface area contributed by atoms with Crippen molar-refractivity contribution in [2.45, 2.75) is 45.8 Å². The lowest BCUT2D eigenvalue weighted by atomic mass is 9.92. The number of nitrogens with one attached hydrogen (secondary N) is 3. The molecule has 2 rings (SSSR count). The standard InChI is InChI=1S/C22H33N5O4/c1-22(2,3)9-10-25-21(30)17-11-14(31-4)13-27(17)18(28)12-26-16-8-6-5-7-15(16)19(23)20(24)29/h5-8,14,17,23,26H,9-13H2,1-4H3,(H2,24,29)(H,25,30)/t14-,17-/m0/s1. The van der Waals surface area contributed by atoms with Crippen LogP contribution in [0.15, 0.2) is 24.3 Å². The fraction of sp³-hybridized carbons (Fsp3) is 0.545. The molecule has 0 bridgehead atoms. The Bertz CT molecular complexity index is 833. The molecule has 1 fully saturated rings. The first kappa shape index (κ1) is 24.3. The summed E-state index contributed by atoms with van der Waals surface area (Å²) >= 11 is 0. The van der Waals surface area contributed by atoms with Gasteiger partial charge in [-0.2, -0.15) is 0 Å². The van der Waals surface area contributed by atoms with E-state index in [1.165, 1.54) is 4.90 Å².